The zero-order valence-electron chi connectivity index (χ0n) is 18.0. The summed E-state index contributed by atoms with van der Waals surface area (Å²) in [4.78, 5) is 25.8. The van der Waals surface area contributed by atoms with Gasteiger partial charge in [0.25, 0.3) is 0 Å². The Labute approximate surface area is 187 Å². The van der Waals surface area contributed by atoms with Crippen molar-refractivity contribution in [2.45, 2.75) is 19.3 Å². The maximum absolute atomic E-state index is 13.0. The van der Waals surface area contributed by atoms with Gasteiger partial charge in [0, 0.05) is 25.1 Å². The van der Waals surface area contributed by atoms with E-state index in [9.17, 15) is 9.59 Å². The molecule has 0 bridgehead atoms. The largest absolute Gasteiger partial charge is 0.322 e. The van der Waals surface area contributed by atoms with Crippen molar-refractivity contribution in [3.63, 3.8) is 0 Å². The number of hydrogen-bond acceptors (Lipinski definition) is 5. The summed E-state index contributed by atoms with van der Waals surface area (Å²) in [5.74, 6) is -0.789. The number of carbonyl (C=O) groups excluding carboxylic acids is 2. The lowest BCUT2D eigenvalue weighted by Gasteiger charge is -2.21. The molecule has 6 heteroatoms. The molecule has 2 aromatic carbocycles. The van der Waals surface area contributed by atoms with Crippen molar-refractivity contribution in [1.29, 1.82) is 0 Å². The van der Waals surface area contributed by atoms with E-state index in [1.165, 1.54) is 6.08 Å². The van der Waals surface area contributed by atoms with Crippen molar-refractivity contribution in [2.24, 2.45) is 5.92 Å². The van der Waals surface area contributed by atoms with E-state index in [0.717, 1.165) is 34.5 Å². The fourth-order valence-electron chi connectivity index (χ4n) is 3.85. The van der Waals surface area contributed by atoms with Crippen LogP contribution >= 0.6 is 0 Å². The van der Waals surface area contributed by atoms with E-state index in [4.69, 9.17) is 0 Å². The highest BCUT2D eigenvalue weighted by molar-refractivity contribution is 6.16. The highest BCUT2D eigenvalue weighted by Gasteiger charge is 2.30. The Morgan fingerprint density at radius 1 is 1.09 bits per heavy atom. The van der Waals surface area contributed by atoms with Gasteiger partial charge in [-0.2, -0.15) is 5.10 Å². The number of allylic oxidation sites excluding steroid dienone is 2. The Kier molecular flexibility index (Phi) is 6.72. The summed E-state index contributed by atoms with van der Waals surface area (Å²) in [6, 6.07) is 17.4. The standard InChI is InChI=1S/C26H26N4O2/c1-27-29-22-11-6-19(7-12-22)10-15-25(31)24-5-2-4-21(26(24)32)18-20-8-13-23(14-9-20)30-17-3-16-28-30/h3,6-18,24,27,29H,2,4-5H2,1H3/b15-10+,21-18+. The maximum atomic E-state index is 13.0. The molecule has 1 aromatic heterocycles. The normalized spacial score (nSPS) is 17.7. The summed E-state index contributed by atoms with van der Waals surface area (Å²) in [6.07, 6.45) is 11.0. The topological polar surface area (TPSA) is 76.0 Å². The molecule has 0 saturated heterocycles. The molecule has 0 aliphatic heterocycles. The van der Waals surface area contributed by atoms with Crippen LogP contribution in [0.4, 0.5) is 5.69 Å². The second-order valence-electron chi connectivity index (χ2n) is 7.75. The maximum Gasteiger partial charge on any atom is 0.169 e. The molecule has 0 spiro atoms. The third-order valence-corrected chi connectivity index (χ3v) is 5.54. The molecular formula is C26H26N4O2. The molecule has 3 aromatic rings. The minimum atomic E-state index is -0.597. The van der Waals surface area contributed by atoms with Crippen LogP contribution in [0, 0.1) is 5.92 Å². The quantitative estimate of drug-likeness (QED) is 0.332. The van der Waals surface area contributed by atoms with Crippen LogP contribution < -0.4 is 10.9 Å². The average molecular weight is 427 g/mol. The number of anilines is 1. The van der Waals surface area contributed by atoms with Crippen LogP contribution in [0.5, 0.6) is 0 Å². The van der Waals surface area contributed by atoms with Gasteiger partial charge in [0.05, 0.1) is 11.6 Å². The Balaban J connectivity index is 1.43. The van der Waals surface area contributed by atoms with Crippen molar-refractivity contribution in [1.82, 2.24) is 15.2 Å². The van der Waals surface area contributed by atoms with E-state index < -0.39 is 5.92 Å². The van der Waals surface area contributed by atoms with E-state index in [1.807, 2.05) is 66.9 Å². The molecule has 1 fully saturated rings. The molecule has 6 nitrogen and oxygen atoms in total. The van der Waals surface area contributed by atoms with Gasteiger partial charge in [0.1, 0.15) is 0 Å². The van der Waals surface area contributed by atoms with Crippen molar-refractivity contribution < 1.29 is 9.59 Å². The van der Waals surface area contributed by atoms with Gasteiger partial charge in [-0.3, -0.25) is 9.59 Å². The molecule has 1 saturated carbocycles. The second-order valence-corrected chi connectivity index (χ2v) is 7.75. The summed E-state index contributed by atoms with van der Waals surface area (Å²) in [5, 5.41) is 4.22. The Bertz CT molecular complexity index is 1130. The van der Waals surface area contributed by atoms with Gasteiger partial charge in [-0.1, -0.05) is 30.3 Å². The number of carbonyl (C=O) groups is 2. The zero-order chi connectivity index (χ0) is 22.3. The van der Waals surface area contributed by atoms with Crippen LogP contribution in [-0.4, -0.2) is 28.4 Å². The highest BCUT2D eigenvalue weighted by Crippen LogP contribution is 2.28. The Morgan fingerprint density at radius 3 is 2.53 bits per heavy atom. The number of aromatic nitrogens is 2. The highest BCUT2D eigenvalue weighted by atomic mass is 16.1. The molecule has 32 heavy (non-hydrogen) atoms. The van der Waals surface area contributed by atoms with Gasteiger partial charge in [-0.05, 0) is 78.4 Å². The smallest absolute Gasteiger partial charge is 0.169 e. The van der Waals surface area contributed by atoms with Crippen LogP contribution in [0.15, 0.2) is 78.6 Å². The third-order valence-electron chi connectivity index (χ3n) is 5.54. The van der Waals surface area contributed by atoms with Gasteiger partial charge in [0.2, 0.25) is 0 Å². The number of nitrogens with one attached hydrogen (secondary N) is 2. The number of hydrogen-bond donors (Lipinski definition) is 2. The lowest BCUT2D eigenvalue weighted by atomic mass is 9.81. The van der Waals surface area contributed by atoms with Crippen molar-refractivity contribution in [2.75, 3.05) is 12.5 Å². The van der Waals surface area contributed by atoms with Gasteiger partial charge in [0.15, 0.2) is 11.6 Å². The summed E-state index contributed by atoms with van der Waals surface area (Å²) < 4.78 is 1.79. The third kappa shape index (κ3) is 5.10. The fourth-order valence-corrected chi connectivity index (χ4v) is 3.85. The van der Waals surface area contributed by atoms with Crippen LogP contribution in [0.2, 0.25) is 0 Å². The van der Waals surface area contributed by atoms with Crippen LogP contribution in [0.1, 0.15) is 30.4 Å². The first-order chi connectivity index (χ1) is 15.6. The van der Waals surface area contributed by atoms with E-state index in [0.29, 0.717) is 12.8 Å². The van der Waals surface area contributed by atoms with Gasteiger partial charge < -0.3 is 5.43 Å². The van der Waals surface area contributed by atoms with Crippen LogP contribution in [0.25, 0.3) is 17.8 Å². The molecule has 4 rings (SSSR count). The molecule has 2 N–H and O–H groups in total. The van der Waals surface area contributed by atoms with E-state index in [2.05, 4.69) is 16.0 Å². The number of ketones is 2. The fraction of sp³-hybridized carbons (Fsp3) is 0.192. The molecule has 1 heterocycles. The van der Waals surface area contributed by atoms with E-state index in [-0.39, 0.29) is 11.6 Å². The number of Topliss-reactive ketones (excluding diaryl/α,β-unsaturated/α-hetero) is 1. The first-order valence-electron chi connectivity index (χ1n) is 10.7. The molecule has 162 valence electrons. The van der Waals surface area contributed by atoms with Crippen molar-refractivity contribution >= 4 is 29.4 Å². The SMILES string of the molecule is CNNc1ccc(/C=C/C(=O)C2CCC/C(=C\c3ccc(-n4cccn4)cc3)C2=O)cc1. The van der Waals surface area contributed by atoms with Gasteiger partial charge in [-0.25, -0.2) is 10.1 Å². The first kappa shape index (κ1) is 21.5. The Morgan fingerprint density at radius 2 is 1.84 bits per heavy atom. The molecule has 1 atom stereocenters. The summed E-state index contributed by atoms with van der Waals surface area (Å²) in [5.41, 5.74) is 10.3. The number of rotatable bonds is 7. The second kappa shape index (κ2) is 10.0. The minimum absolute atomic E-state index is 0.0596. The lowest BCUT2D eigenvalue weighted by Crippen LogP contribution is -2.27. The molecule has 1 aliphatic rings. The number of benzene rings is 2. The minimum Gasteiger partial charge on any atom is -0.322 e. The molecule has 1 unspecified atom stereocenters. The number of hydrazine groups is 1. The summed E-state index contributed by atoms with van der Waals surface area (Å²) in [6.45, 7) is 0. The molecule has 1 aliphatic carbocycles. The first-order valence-corrected chi connectivity index (χ1v) is 10.7. The van der Waals surface area contributed by atoms with Gasteiger partial charge >= 0.3 is 0 Å². The molecular weight excluding hydrogens is 400 g/mol. The van der Waals surface area contributed by atoms with Gasteiger partial charge in [-0.15, -0.1) is 0 Å². The number of nitrogens with zero attached hydrogens (tertiary/aromatic N) is 2. The van der Waals surface area contributed by atoms with E-state index >= 15 is 0 Å². The van der Waals surface area contributed by atoms with Crippen molar-refractivity contribution in [3.8, 4) is 5.69 Å². The van der Waals surface area contributed by atoms with Crippen LogP contribution in [0.3, 0.4) is 0 Å². The molecule has 0 amide bonds. The zero-order valence-corrected chi connectivity index (χ0v) is 18.0. The van der Waals surface area contributed by atoms with E-state index in [1.54, 1.807) is 24.0 Å². The predicted molar refractivity (Wildman–Crippen MR) is 127 cm³/mol. The Hall–Kier alpha value is -3.77. The molecule has 0 radical (unpaired) electrons. The summed E-state index contributed by atoms with van der Waals surface area (Å²) in [7, 11) is 1.80. The summed E-state index contributed by atoms with van der Waals surface area (Å²) >= 11 is 0. The predicted octanol–water partition coefficient (Wildman–Crippen LogP) is 4.45. The average Bonchev–Trinajstić information content (AvgIpc) is 3.35. The lowest BCUT2D eigenvalue weighted by molar-refractivity contribution is -0.129. The monoisotopic (exact) mass is 426 g/mol. The van der Waals surface area contributed by atoms with Crippen LogP contribution in [-0.2, 0) is 9.59 Å². The van der Waals surface area contributed by atoms with Crippen molar-refractivity contribution in [3.05, 3.63) is 89.8 Å².